The number of aryl methyl sites for hydroxylation is 1. The fraction of sp³-hybridized carbons (Fsp3) is 0.158. The average molecular weight is 349 g/mol. The Labute approximate surface area is 151 Å². The summed E-state index contributed by atoms with van der Waals surface area (Å²) in [6.45, 7) is 0.950. The molecule has 2 aromatic heterocycles. The molecule has 0 spiro atoms. The molecule has 0 saturated carbocycles. The van der Waals surface area contributed by atoms with E-state index in [1.807, 2.05) is 16.7 Å². The summed E-state index contributed by atoms with van der Waals surface area (Å²) in [5.74, 6) is -0.324. The highest BCUT2D eigenvalue weighted by Gasteiger charge is 2.08. The van der Waals surface area contributed by atoms with E-state index in [1.165, 1.54) is 0 Å². The van der Waals surface area contributed by atoms with E-state index in [2.05, 4.69) is 20.6 Å². The Morgan fingerprint density at radius 1 is 1.08 bits per heavy atom. The molecule has 0 aliphatic heterocycles. The van der Waals surface area contributed by atoms with Gasteiger partial charge in [-0.25, -0.2) is 4.98 Å². The molecule has 26 heavy (non-hydrogen) atoms. The summed E-state index contributed by atoms with van der Waals surface area (Å²) in [6.07, 6.45) is 8.86. The molecule has 0 atom stereocenters. The van der Waals surface area contributed by atoms with Gasteiger partial charge >= 0.3 is 0 Å². The van der Waals surface area contributed by atoms with Gasteiger partial charge in [0.25, 0.3) is 5.91 Å². The number of hydrogen-bond acceptors (Lipinski definition) is 4. The van der Waals surface area contributed by atoms with E-state index >= 15 is 0 Å². The van der Waals surface area contributed by atoms with Gasteiger partial charge in [-0.1, -0.05) is 12.1 Å². The fourth-order valence-corrected chi connectivity index (χ4v) is 2.40. The SMILES string of the molecule is O=C(CCn1ccnc1)Nc1cccc(C(=O)NCc2cccnc2)c1. The highest BCUT2D eigenvalue weighted by molar-refractivity contribution is 5.97. The zero-order chi connectivity index (χ0) is 18.2. The molecule has 3 aromatic rings. The van der Waals surface area contributed by atoms with Gasteiger partial charge in [-0.3, -0.25) is 14.6 Å². The van der Waals surface area contributed by atoms with Crippen molar-refractivity contribution >= 4 is 17.5 Å². The van der Waals surface area contributed by atoms with Crippen molar-refractivity contribution in [3.8, 4) is 0 Å². The van der Waals surface area contributed by atoms with Crippen LogP contribution >= 0.6 is 0 Å². The van der Waals surface area contributed by atoms with E-state index in [0.29, 0.717) is 30.8 Å². The van der Waals surface area contributed by atoms with E-state index in [0.717, 1.165) is 5.56 Å². The molecule has 2 heterocycles. The Bertz CT molecular complexity index is 863. The highest BCUT2D eigenvalue weighted by atomic mass is 16.2. The maximum atomic E-state index is 12.3. The standard InChI is InChI=1S/C19H19N5O2/c25-18(6-9-24-10-8-21-14-24)23-17-5-1-4-16(11-17)19(26)22-13-15-3-2-7-20-12-15/h1-5,7-8,10-12,14H,6,9,13H2,(H,22,26)(H,23,25). The third kappa shape index (κ3) is 5.01. The molecular formula is C19H19N5O2. The van der Waals surface area contributed by atoms with Gasteiger partial charge in [0.05, 0.1) is 6.33 Å². The summed E-state index contributed by atoms with van der Waals surface area (Å²) in [5.41, 5.74) is 2.00. The molecule has 0 unspecified atom stereocenters. The monoisotopic (exact) mass is 349 g/mol. The van der Waals surface area contributed by atoms with Crippen LogP contribution in [0.1, 0.15) is 22.3 Å². The molecule has 0 saturated heterocycles. The van der Waals surface area contributed by atoms with Crippen LogP contribution in [0.25, 0.3) is 0 Å². The lowest BCUT2D eigenvalue weighted by molar-refractivity contribution is -0.116. The van der Waals surface area contributed by atoms with E-state index in [-0.39, 0.29) is 11.8 Å². The van der Waals surface area contributed by atoms with Crippen LogP contribution < -0.4 is 10.6 Å². The Kier molecular flexibility index (Phi) is 5.72. The van der Waals surface area contributed by atoms with Gasteiger partial charge in [0.2, 0.25) is 5.91 Å². The Hall–Kier alpha value is -3.48. The Balaban J connectivity index is 1.53. The fourth-order valence-electron chi connectivity index (χ4n) is 2.40. The van der Waals surface area contributed by atoms with Gasteiger partial charge in [-0.05, 0) is 29.8 Å². The normalized spacial score (nSPS) is 10.3. The molecule has 7 nitrogen and oxygen atoms in total. The van der Waals surface area contributed by atoms with Crippen molar-refractivity contribution in [2.45, 2.75) is 19.5 Å². The summed E-state index contributed by atoms with van der Waals surface area (Å²) >= 11 is 0. The number of anilines is 1. The molecule has 0 fully saturated rings. The molecular weight excluding hydrogens is 330 g/mol. The molecule has 0 aliphatic rings. The van der Waals surface area contributed by atoms with Crippen molar-refractivity contribution in [1.29, 1.82) is 0 Å². The minimum Gasteiger partial charge on any atom is -0.348 e. The van der Waals surface area contributed by atoms with Crippen LogP contribution in [0.2, 0.25) is 0 Å². The number of benzene rings is 1. The van der Waals surface area contributed by atoms with Crippen molar-refractivity contribution in [2.24, 2.45) is 0 Å². The number of carbonyl (C=O) groups is 2. The zero-order valence-corrected chi connectivity index (χ0v) is 14.1. The minimum atomic E-state index is -0.205. The van der Waals surface area contributed by atoms with Gasteiger partial charge < -0.3 is 15.2 Å². The molecule has 2 amide bonds. The van der Waals surface area contributed by atoms with Crippen LogP contribution in [0.5, 0.6) is 0 Å². The molecule has 2 N–H and O–H groups in total. The molecule has 0 bridgehead atoms. The molecule has 132 valence electrons. The van der Waals surface area contributed by atoms with Crippen molar-refractivity contribution in [1.82, 2.24) is 19.9 Å². The smallest absolute Gasteiger partial charge is 0.251 e. The van der Waals surface area contributed by atoms with Crippen molar-refractivity contribution in [3.63, 3.8) is 0 Å². The summed E-state index contributed by atoms with van der Waals surface area (Å²) in [5, 5.41) is 5.65. The number of carbonyl (C=O) groups excluding carboxylic acids is 2. The predicted octanol–water partition coefficient (Wildman–Crippen LogP) is 2.24. The zero-order valence-electron chi connectivity index (χ0n) is 14.1. The van der Waals surface area contributed by atoms with Gasteiger partial charge in [0.1, 0.15) is 0 Å². The first-order valence-electron chi connectivity index (χ1n) is 8.23. The second-order valence-corrected chi connectivity index (χ2v) is 5.72. The van der Waals surface area contributed by atoms with Crippen LogP contribution in [0.3, 0.4) is 0 Å². The van der Waals surface area contributed by atoms with Crippen LogP contribution in [0, 0.1) is 0 Å². The number of amides is 2. The van der Waals surface area contributed by atoms with Crippen LogP contribution in [0.15, 0.2) is 67.5 Å². The maximum absolute atomic E-state index is 12.3. The van der Waals surface area contributed by atoms with E-state index in [4.69, 9.17) is 0 Å². The minimum absolute atomic E-state index is 0.119. The number of aromatic nitrogens is 3. The molecule has 0 radical (unpaired) electrons. The molecule has 0 aliphatic carbocycles. The van der Waals surface area contributed by atoms with E-state index in [1.54, 1.807) is 55.4 Å². The summed E-state index contributed by atoms with van der Waals surface area (Å²) < 4.78 is 1.84. The number of nitrogens with zero attached hydrogens (tertiary/aromatic N) is 3. The second-order valence-electron chi connectivity index (χ2n) is 5.72. The van der Waals surface area contributed by atoms with Crippen molar-refractivity contribution in [3.05, 3.63) is 78.6 Å². The third-order valence-corrected chi connectivity index (χ3v) is 3.74. The lowest BCUT2D eigenvalue weighted by Crippen LogP contribution is -2.23. The van der Waals surface area contributed by atoms with Crippen LogP contribution in [-0.2, 0) is 17.9 Å². The lowest BCUT2D eigenvalue weighted by atomic mass is 10.1. The largest absolute Gasteiger partial charge is 0.348 e. The highest BCUT2D eigenvalue weighted by Crippen LogP contribution is 2.11. The van der Waals surface area contributed by atoms with Gasteiger partial charge in [-0.15, -0.1) is 0 Å². The maximum Gasteiger partial charge on any atom is 0.251 e. The van der Waals surface area contributed by atoms with Crippen LogP contribution in [0.4, 0.5) is 5.69 Å². The summed E-state index contributed by atoms with van der Waals surface area (Å²) in [7, 11) is 0. The summed E-state index contributed by atoms with van der Waals surface area (Å²) in [6, 6.07) is 10.6. The van der Waals surface area contributed by atoms with Gasteiger partial charge in [0.15, 0.2) is 0 Å². The second kappa shape index (κ2) is 8.57. The number of rotatable bonds is 7. The molecule has 7 heteroatoms. The Morgan fingerprint density at radius 2 is 2.00 bits per heavy atom. The van der Waals surface area contributed by atoms with Gasteiger partial charge in [-0.2, -0.15) is 0 Å². The number of pyridine rings is 1. The Morgan fingerprint density at radius 3 is 2.77 bits per heavy atom. The molecule has 1 aromatic carbocycles. The topological polar surface area (TPSA) is 88.9 Å². The van der Waals surface area contributed by atoms with Crippen molar-refractivity contribution in [2.75, 3.05) is 5.32 Å². The first-order valence-corrected chi connectivity index (χ1v) is 8.23. The number of hydrogen-bond donors (Lipinski definition) is 2. The van der Waals surface area contributed by atoms with E-state index in [9.17, 15) is 9.59 Å². The number of imidazole rings is 1. The van der Waals surface area contributed by atoms with Gasteiger partial charge in [0, 0.05) is 55.5 Å². The van der Waals surface area contributed by atoms with E-state index < -0.39 is 0 Å². The first kappa shape index (κ1) is 17.3. The number of nitrogens with one attached hydrogen (secondary N) is 2. The quantitative estimate of drug-likeness (QED) is 0.685. The molecule has 3 rings (SSSR count). The third-order valence-electron chi connectivity index (χ3n) is 3.74. The predicted molar refractivity (Wildman–Crippen MR) is 97.3 cm³/mol. The first-order chi connectivity index (χ1) is 12.7. The average Bonchev–Trinajstić information content (AvgIpc) is 3.19. The van der Waals surface area contributed by atoms with Crippen LogP contribution in [-0.4, -0.2) is 26.3 Å². The lowest BCUT2D eigenvalue weighted by Gasteiger charge is -2.09. The summed E-state index contributed by atoms with van der Waals surface area (Å²) in [4.78, 5) is 32.3. The van der Waals surface area contributed by atoms with Crippen molar-refractivity contribution < 1.29 is 9.59 Å².